The van der Waals surface area contributed by atoms with Gasteiger partial charge >= 0.3 is 0 Å². The lowest BCUT2D eigenvalue weighted by Crippen LogP contribution is -2.44. The van der Waals surface area contributed by atoms with Crippen LogP contribution in [0.1, 0.15) is 11.6 Å². The summed E-state index contributed by atoms with van der Waals surface area (Å²) in [6.45, 7) is 1.37. The molecule has 1 aliphatic heterocycles. The van der Waals surface area contributed by atoms with Crippen LogP contribution in [0.5, 0.6) is 0 Å². The number of nitrogens with zero attached hydrogens (tertiary/aromatic N) is 1. The fraction of sp³-hybridized carbons (Fsp3) is 0.500. The van der Waals surface area contributed by atoms with Crippen molar-refractivity contribution in [3.05, 3.63) is 33.8 Å². The van der Waals surface area contributed by atoms with Gasteiger partial charge in [-0.3, -0.25) is 4.90 Å². The van der Waals surface area contributed by atoms with Crippen LogP contribution in [0.15, 0.2) is 18.2 Å². The molecule has 1 unspecified atom stereocenters. The number of halogens is 2. The highest BCUT2D eigenvalue weighted by molar-refractivity contribution is 7.91. The minimum Gasteiger partial charge on any atom is -0.329 e. The third-order valence-corrected chi connectivity index (χ3v) is 5.54. The zero-order valence-corrected chi connectivity index (χ0v) is 12.7. The Hall–Kier alpha value is -0.330. The van der Waals surface area contributed by atoms with Gasteiger partial charge in [-0.15, -0.1) is 0 Å². The molecule has 2 rings (SSSR count). The van der Waals surface area contributed by atoms with Crippen molar-refractivity contribution < 1.29 is 8.42 Å². The average Bonchev–Trinajstić information content (AvgIpc) is 2.34. The number of hydrogen-bond donors (Lipinski definition) is 1. The van der Waals surface area contributed by atoms with Gasteiger partial charge in [-0.1, -0.05) is 29.3 Å². The van der Waals surface area contributed by atoms with Gasteiger partial charge in [0.05, 0.1) is 11.5 Å². The summed E-state index contributed by atoms with van der Waals surface area (Å²) < 4.78 is 22.9. The summed E-state index contributed by atoms with van der Waals surface area (Å²) in [4.78, 5) is 2.07. The summed E-state index contributed by atoms with van der Waals surface area (Å²) in [5, 5.41) is 1.14. The van der Waals surface area contributed by atoms with E-state index in [4.69, 9.17) is 28.9 Å². The number of sulfone groups is 1. The van der Waals surface area contributed by atoms with Crippen LogP contribution in [0.2, 0.25) is 10.0 Å². The van der Waals surface area contributed by atoms with Crippen LogP contribution in [0, 0.1) is 0 Å². The van der Waals surface area contributed by atoms with Crippen molar-refractivity contribution in [1.29, 1.82) is 0 Å². The van der Waals surface area contributed by atoms with E-state index in [1.807, 2.05) is 6.07 Å². The van der Waals surface area contributed by atoms with Gasteiger partial charge in [-0.05, 0) is 17.7 Å². The van der Waals surface area contributed by atoms with Gasteiger partial charge in [-0.25, -0.2) is 8.42 Å². The van der Waals surface area contributed by atoms with Gasteiger partial charge < -0.3 is 5.73 Å². The Morgan fingerprint density at radius 1 is 1.26 bits per heavy atom. The quantitative estimate of drug-likeness (QED) is 0.920. The molecule has 0 radical (unpaired) electrons. The molecule has 0 amide bonds. The van der Waals surface area contributed by atoms with Crippen LogP contribution in [0.4, 0.5) is 0 Å². The van der Waals surface area contributed by atoms with E-state index in [9.17, 15) is 8.42 Å². The standard InChI is InChI=1S/C12H16Cl2N2O2S/c13-9-1-2-10(11(14)7-9)12(8-15)16-3-5-19(17,18)6-4-16/h1-2,7,12H,3-6,8,15H2. The average molecular weight is 323 g/mol. The molecule has 4 nitrogen and oxygen atoms in total. The first-order valence-corrected chi connectivity index (χ1v) is 8.60. The van der Waals surface area contributed by atoms with E-state index < -0.39 is 9.84 Å². The van der Waals surface area contributed by atoms with E-state index in [1.165, 1.54) is 0 Å². The molecule has 1 heterocycles. The van der Waals surface area contributed by atoms with E-state index in [1.54, 1.807) is 12.1 Å². The van der Waals surface area contributed by atoms with Crippen LogP contribution < -0.4 is 5.73 Å². The first-order valence-electron chi connectivity index (χ1n) is 6.02. The molecule has 7 heteroatoms. The Kier molecular flexibility index (Phi) is 4.74. The van der Waals surface area contributed by atoms with Gasteiger partial charge in [-0.2, -0.15) is 0 Å². The van der Waals surface area contributed by atoms with Crippen LogP contribution in [0.25, 0.3) is 0 Å². The summed E-state index contributed by atoms with van der Waals surface area (Å²) >= 11 is 12.1. The molecule has 0 aromatic heterocycles. The smallest absolute Gasteiger partial charge is 0.152 e. The van der Waals surface area contributed by atoms with Gasteiger partial charge in [0.1, 0.15) is 0 Å². The molecule has 0 spiro atoms. The Bertz CT molecular complexity index is 549. The normalized spacial score (nSPS) is 21.2. The molecule has 1 aromatic rings. The topological polar surface area (TPSA) is 63.4 Å². The summed E-state index contributed by atoms with van der Waals surface area (Å²) in [5.74, 6) is 0.351. The molecule has 0 bridgehead atoms. The molecular formula is C12H16Cl2N2O2S. The first kappa shape index (κ1) is 15.1. The maximum Gasteiger partial charge on any atom is 0.152 e. The number of benzene rings is 1. The molecule has 1 fully saturated rings. The van der Waals surface area contributed by atoms with E-state index in [0.29, 0.717) is 29.7 Å². The summed E-state index contributed by atoms with van der Waals surface area (Å²) in [7, 11) is -2.89. The first-order chi connectivity index (χ1) is 8.93. The summed E-state index contributed by atoms with van der Waals surface area (Å²) in [6.07, 6.45) is 0. The maximum absolute atomic E-state index is 11.5. The van der Waals surface area contributed by atoms with Crippen LogP contribution in [0.3, 0.4) is 0 Å². The highest BCUT2D eigenvalue weighted by Crippen LogP contribution is 2.30. The largest absolute Gasteiger partial charge is 0.329 e. The van der Waals surface area contributed by atoms with Crippen molar-refractivity contribution in [2.75, 3.05) is 31.1 Å². The second-order valence-corrected chi connectivity index (χ2v) is 7.75. The van der Waals surface area contributed by atoms with Crippen LogP contribution in [-0.4, -0.2) is 44.5 Å². The molecule has 0 saturated carbocycles. The second-order valence-electron chi connectivity index (χ2n) is 4.61. The Balaban J connectivity index is 2.21. The van der Waals surface area contributed by atoms with Crippen molar-refractivity contribution in [3.63, 3.8) is 0 Å². The molecule has 1 aliphatic rings. The third kappa shape index (κ3) is 3.61. The molecule has 1 atom stereocenters. The second kappa shape index (κ2) is 5.97. The lowest BCUT2D eigenvalue weighted by molar-refractivity contribution is 0.219. The van der Waals surface area contributed by atoms with Crippen molar-refractivity contribution >= 4 is 33.0 Å². The van der Waals surface area contributed by atoms with Gasteiger partial charge in [0.15, 0.2) is 9.84 Å². The Labute approximate surface area is 123 Å². The predicted molar refractivity (Wildman–Crippen MR) is 78.5 cm³/mol. The van der Waals surface area contributed by atoms with Gasteiger partial charge in [0, 0.05) is 35.7 Å². The summed E-state index contributed by atoms with van der Waals surface area (Å²) in [5.41, 5.74) is 6.72. The SMILES string of the molecule is NCC(c1ccc(Cl)cc1Cl)N1CCS(=O)(=O)CC1. The molecule has 19 heavy (non-hydrogen) atoms. The van der Waals surface area contributed by atoms with E-state index in [0.717, 1.165) is 5.56 Å². The predicted octanol–water partition coefficient (Wildman–Crippen LogP) is 1.72. The van der Waals surface area contributed by atoms with E-state index >= 15 is 0 Å². The highest BCUT2D eigenvalue weighted by atomic mass is 35.5. The number of rotatable bonds is 3. The minimum atomic E-state index is -2.89. The van der Waals surface area contributed by atoms with Gasteiger partial charge in [0.2, 0.25) is 0 Å². The zero-order valence-electron chi connectivity index (χ0n) is 10.4. The molecule has 106 valence electrons. The fourth-order valence-electron chi connectivity index (χ4n) is 2.28. The minimum absolute atomic E-state index is 0.0692. The molecular weight excluding hydrogens is 307 g/mol. The Morgan fingerprint density at radius 2 is 1.89 bits per heavy atom. The summed E-state index contributed by atoms with van der Waals surface area (Å²) in [6, 6.07) is 5.24. The monoisotopic (exact) mass is 322 g/mol. The molecule has 1 saturated heterocycles. The van der Waals surface area contributed by atoms with Gasteiger partial charge in [0.25, 0.3) is 0 Å². The lowest BCUT2D eigenvalue weighted by atomic mass is 10.1. The third-order valence-electron chi connectivity index (χ3n) is 3.36. The zero-order chi connectivity index (χ0) is 14.0. The maximum atomic E-state index is 11.5. The van der Waals surface area contributed by atoms with Crippen molar-refractivity contribution in [2.45, 2.75) is 6.04 Å². The molecule has 0 aliphatic carbocycles. The van der Waals surface area contributed by atoms with Crippen LogP contribution in [-0.2, 0) is 9.84 Å². The lowest BCUT2D eigenvalue weighted by Gasteiger charge is -2.34. The van der Waals surface area contributed by atoms with Crippen molar-refractivity contribution in [1.82, 2.24) is 4.90 Å². The van der Waals surface area contributed by atoms with Crippen LogP contribution >= 0.6 is 23.2 Å². The molecule has 1 aromatic carbocycles. The van der Waals surface area contributed by atoms with E-state index in [2.05, 4.69) is 4.90 Å². The number of nitrogens with two attached hydrogens (primary N) is 1. The van der Waals surface area contributed by atoms with Crippen molar-refractivity contribution in [2.24, 2.45) is 5.73 Å². The fourth-order valence-corrected chi connectivity index (χ4v) is 4.05. The highest BCUT2D eigenvalue weighted by Gasteiger charge is 2.28. The number of hydrogen-bond acceptors (Lipinski definition) is 4. The molecule has 2 N–H and O–H groups in total. The Morgan fingerprint density at radius 3 is 2.42 bits per heavy atom. The van der Waals surface area contributed by atoms with Crippen molar-refractivity contribution in [3.8, 4) is 0 Å². The van der Waals surface area contributed by atoms with E-state index in [-0.39, 0.29) is 17.5 Å².